The molecule has 0 bridgehead atoms. The number of unbranched alkanes of at least 4 members (excludes halogenated alkanes) is 1. The molecule has 33 heavy (non-hydrogen) atoms. The Morgan fingerprint density at radius 2 is 2.09 bits per heavy atom. The summed E-state index contributed by atoms with van der Waals surface area (Å²) in [6.45, 7) is 9.88. The topological polar surface area (TPSA) is 45.7 Å². The number of halogens is 1. The number of hydrogen-bond acceptors (Lipinski definition) is 5. The van der Waals surface area contributed by atoms with E-state index in [4.69, 9.17) is 4.74 Å². The number of nitrogens with zero attached hydrogens (tertiary/aromatic N) is 3. The predicted octanol–water partition coefficient (Wildman–Crippen LogP) is 4.86. The van der Waals surface area contributed by atoms with Crippen LogP contribution in [-0.2, 0) is 24.1 Å². The number of ether oxygens (including phenoxy) is 1. The maximum absolute atomic E-state index is 14.8. The lowest BCUT2D eigenvalue weighted by Crippen LogP contribution is -2.58. The molecule has 0 unspecified atom stereocenters. The van der Waals surface area contributed by atoms with Crippen LogP contribution in [0.25, 0.3) is 0 Å². The van der Waals surface area contributed by atoms with Crippen molar-refractivity contribution in [2.24, 2.45) is 0 Å². The third kappa shape index (κ3) is 5.70. The number of amides is 1. The molecule has 5 nitrogen and oxygen atoms in total. The average Bonchev–Trinajstić information content (AvgIpc) is 3.30. The minimum absolute atomic E-state index is 0.0141. The summed E-state index contributed by atoms with van der Waals surface area (Å²) in [6.07, 6.45) is 7.11. The van der Waals surface area contributed by atoms with E-state index >= 15 is 0 Å². The highest BCUT2D eigenvalue weighted by Gasteiger charge is 2.41. The number of aromatic nitrogens is 1. The van der Waals surface area contributed by atoms with E-state index in [0.29, 0.717) is 43.9 Å². The second-order valence-electron chi connectivity index (χ2n) is 9.15. The molecule has 0 aliphatic carbocycles. The van der Waals surface area contributed by atoms with Gasteiger partial charge in [0.25, 0.3) is 5.91 Å². The van der Waals surface area contributed by atoms with Crippen molar-refractivity contribution in [1.29, 1.82) is 0 Å². The van der Waals surface area contributed by atoms with Gasteiger partial charge in [0.1, 0.15) is 11.5 Å². The smallest absolute Gasteiger partial charge is 0.273 e. The number of aryl methyl sites for hydroxylation is 1. The van der Waals surface area contributed by atoms with E-state index < -0.39 is 0 Å². The zero-order valence-corrected chi connectivity index (χ0v) is 20.3. The van der Waals surface area contributed by atoms with Crippen LogP contribution in [0.2, 0.25) is 0 Å². The number of thiazole rings is 1. The number of likely N-dealkylation sites (tertiary alicyclic amines) is 1. The molecule has 2 aliphatic heterocycles. The number of morpholine rings is 1. The summed E-state index contributed by atoms with van der Waals surface area (Å²) in [5.74, 6) is -0.106. The van der Waals surface area contributed by atoms with Gasteiger partial charge in [-0.25, -0.2) is 9.37 Å². The number of allylic oxidation sites excluding steroid dienone is 1. The van der Waals surface area contributed by atoms with Gasteiger partial charge in [0.05, 0.1) is 23.8 Å². The highest BCUT2D eigenvalue weighted by atomic mass is 32.1. The van der Waals surface area contributed by atoms with E-state index in [1.807, 2.05) is 28.5 Å². The standard InChI is InChI=1S/C26H34FN3O2S/c1-3-5-10-23-28-22(18-33-23)25(31)30-15-16-32-26(19-30)11-13-29(14-12-26)17-21-9-6-8-20(7-4-2)24(21)27/h4,6,8-9,18H,2-3,5,7,10-17,19H2,1H3. The fraction of sp³-hybridized carbons (Fsp3) is 0.538. The number of piperidine rings is 1. The van der Waals surface area contributed by atoms with Crippen molar-refractivity contribution in [1.82, 2.24) is 14.8 Å². The van der Waals surface area contributed by atoms with Crippen molar-refractivity contribution in [2.45, 2.75) is 57.6 Å². The van der Waals surface area contributed by atoms with Crippen molar-refractivity contribution < 1.29 is 13.9 Å². The summed E-state index contributed by atoms with van der Waals surface area (Å²) >= 11 is 1.58. The fourth-order valence-electron chi connectivity index (χ4n) is 4.76. The highest BCUT2D eigenvalue weighted by molar-refractivity contribution is 7.09. The normalized spacial score (nSPS) is 18.5. The van der Waals surface area contributed by atoms with Gasteiger partial charge in [-0.05, 0) is 37.7 Å². The second-order valence-corrected chi connectivity index (χ2v) is 10.1. The predicted molar refractivity (Wildman–Crippen MR) is 130 cm³/mol. The molecule has 1 spiro atoms. The fourth-order valence-corrected chi connectivity index (χ4v) is 5.58. The number of carbonyl (C=O) groups excluding carboxylic acids is 1. The lowest BCUT2D eigenvalue weighted by atomic mass is 9.89. The van der Waals surface area contributed by atoms with Crippen LogP contribution in [0.5, 0.6) is 0 Å². The van der Waals surface area contributed by atoms with Gasteiger partial charge in [-0.15, -0.1) is 17.9 Å². The molecule has 2 fully saturated rings. The summed E-state index contributed by atoms with van der Waals surface area (Å²) in [7, 11) is 0. The highest BCUT2D eigenvalue weighted by Crippen LogP contribution is 2.32. The molecular weight excluding hydrogens is 437 g/mol. The maximum Gasteiger partial charge on any atom is 0.273 e. The first kappa shape index (κ1) is 24.0. The van der Waals surface area contributed by atoms with Crippen LogP contribution in [-0.4, -0.2) is 59.1 Å². The first-order chi connectivity index (χ1) is 16.0. The zero-order chi connectivity index (χ0) is 23.3. The van der Waals surface area contributed by atoms with Crippen LogP contribution in [0.15, 0.2) is 36.2 Å². The number of rotatable bonds is 8. The minimum atomic E-state index is -0.311. The Kier molecular flexibility index (Phi) is 7.94. The van der Waals surface area contributed by atoms with E-state index in [2.05, 4.69) is 23.4 Å². The van der Waals surface area contributed by atoms with E-state index in [1.165, 1.54) is 0 Å². The lowest BCUT2D eigenvalue weighted by molar-refractivity contribution is -0.128. The monoisotopic (exact) mass is 471 g/mol. The SMILES string of the molecule is C=CCc1cccc(CN2CCC3(CC2)CN(C(=O)c2csc(CCCC)n2)CCO3)c1F. The molecule has 0 radical (unpaired) electrons. The van der Waals surface area contributed by atoms with Crippen molar-refractivity contribution in [3.63, 3.8) is 0 Å². The Morgan fingerprint density at radius 3 is 2.85 bits per heavy atom. The molecule has 0 atom stereocenters. The van der Waals surface area contributed by atoms with Gasteiger partial charge in [0, 0.05) is 37.1 Å². The van der Waals surface area contributed by atoms with E-state index in [9.17, 15) is 9.18 Å². The molecule has 4 rings (SSSR count). The first-order valence-corrected chi connectivity index (χ1v) is 12.9. The van der Waals surface area contributed by atoms with Gasteiger partial charge in [0.15, 0.2) is 0 Å². The largest absolute Gasteiger partial charge is 0.371 e. The Bertz CT molecular complexity index is 968. The average molecular weight is 472 g/mol. The summed E-state index contributed by atoms with van der Waals surface area (Å²) in [5.41, 5.74) is 1.68. The van der Waals surface area contributed by atoms with Crippen molar-refractivity contribution in [3.8, 4) is 0 Å². The molecule has 3 heterocycles. The molecule has 1 amide bonds. The zero-order valence-electron chi connectivity index (χ0n) is 19.5. The van der Waals surface area contributed by atoms with Crippen LogP contribution >= 0.6 is 11.3 Å². The van der Waals surface area contributed by atoms with Crippen LogP contribution in [0.4, 0.5) is 4.39 Å². The van der Waals surface area contributed by atoms with E-state index in [-0.39, 0.29) is 17.3 Å². The Hall–Kier alpha value is -2.09. The molecule has 7 heteroatoms. The van der Waals surface area contributed by atoms with Crippen molar-refractivity contribution in [3.05, 3.63) is 63.9 Å². The van der Waals surface area contributed by atoms with E-state index in [0.717, 1.165) is 55.8 Å². The number of benzene rings is 1. The summed E-state index contributed by atoms with van der Waals surface area (Å²) in [4.78, 5) is 21.9. The van der Waals surface area contributed by atoms with Gasteiger partial charge in [-0.1, -0.05) is 37.6 Å². The van der Waals surface area contributed by atoms with Gasteiger partial charge in [-0.3, -0.25) is 9.69 Å². The number of hydrogen-bond donors (Lipinski definition) is 0. The molecule has 2 aliphatic rings. The van der Waals surface area contributed by atoms with Crippen LogP contribution < -0.4 is 0 Å². The Labute approximate surface area is 200 Å². The third-order valence-electron chi connectivity index (χ3n) is 6.73. The molecule has 2 saturated heterocycles. The van der Waals surface area contributed by atoms with Crippen molar-refractivity contribution >= 4 is 17.2 Å². The Balaban J connectivity index is 1.34. The lowest BCUT2D eigenvalue weighted by Gasteiger charge is -2.47. The molecule has 178 valence electrons. The first-order valence-electron chi connectivity index (χ1n) is 12.0. The molecule has 2 aromatic rings. The third-order valence-corrected chi connectivity index (χ3v) is 7.64. The summed E-state index contributed by atoms with van der Waals surface area (Å²) < 4.78 is 21.0. The van der Waals surface area contributed by atoms with Gasteiger partial charge < -0.3 is 9.64 Å². The van der Waals surface area contributed by atoms with E-state index in [1.54, 1.807) is 17.4 Å². The van der Waals surface area contributed by atoms with Gasteiger partial charge >= 0.3 is 0 Å². The second kappa shape index (κ2) is 10.9. The van der Waals surface area contributed by atoms with Crippen molar-refractivity contribution in [2.75, 3.05) is 32.8 Å². The molecule has 0 saturated carbocycles. The maximum atomic E-state index is 14.8. The minimum Gasteiger partial charge on any atom is -0.371 e. The summed E-state index contributed by atoms with van der Waals surface area (Å²) in [5, 5.41) is 2.94. The number of carbonyl (C=O) groups is 1. The molecule has 0 N–H and O–H groups in total. The molecule has 1 aromatic carbocycles. The summed E-state index contributed by atoms with van der Waals surface area (Å²) in [6, 6.07) is 5.61. The van der Waals surface area contributed by atoms with Gasteiger partial charge in [0.2, 0.25) is 0 Å². The van der Waals surface area contributed by atoms with Crippen LogP contribution in [0.1, 0.15) is 59.2 Å². The van der Waals surface area contributed by atoms with Crippen LogP contribution in [0, 0.1) is 5.82 Å². The van der Waals surface area contributed by atoms with Gasteiger partial charge in [-0.2, -0.15) is 0 Å². The molecular formula is C26H34FN3O2S. The Morgan fingerprint density at radius 1 is 1.30 bits per heavy atom. The molecule has 1 aromatic heterocycles. The van der Waals surface area contributed by atoms with Crippen LogP contribution in [0.3, 0.4) is 0 Å². The quantitative estimate of drug-likeness (QED) is 0.516.